The predicted octanol–water partition coefficient (Wildman–Crippen LogP) is 5.80. The van der Waals surface area contributed by atoms with Gasteiger partial charge in [-0.1, -0.05) is 54.2 Å². The van der Waals surface area contributed by atoms with Gasteiger partial charge in [0.25, 0.3) is 0 Å². The van der Waals surface area contributed by atoms with E-state index in [1.807, 2.05) is 6.21 Å². The Morgan fingerprint density at radius 3 is 2.73 bits per heavy atom. The minimum Gasteiger partial charge on any atom is -0.406 e. The number of rotatable bonds is 9. The molecule has 0 spiro atoms. The Bertz CT molecular complexity index is 727. The van der Waals surface area contributed by atoms with E-state index in [0.29, 0.717) is 0 Å². The Labute approximate surface area is 165 Å². The number of hydrogen-bond donors (Lipinski definition) is 0. The molecule has 0 radical (unpaired) electrons. The van der Waals surface area contributed by atoms with Gasteiger partial charge in [-0.15, -0.1) is 5.06 Å². The van der Waals surface area contributed by atoms with Crippen molar-refractivity contribution in [3.8, 4) is 5.75 Å². The smallest absolute Gasteiger partial charge is 0.147 e. The maximum absolute atomic E-state index is 6.27. The van der Waals surface area contributed by atoms with Crippen molar-refractivity contribution in [1.29, 1.82) is 0 Å². The molecular formula is C22H27BrN2O. The molecule has 0 amide bonds. The van der Waals surface area contributed by atoms with Crippen molar-refractivity contribution in [1.82, 2.24) is 5.06 Å². The Balaban J connectivity index is 1.67. The molecule has 0 aromatic heterocycles. The van der Waals surface area contributed by atoms with E-state index in [9.17, 15) is 0 Å². The largest absolute Gasteiger partial charge is 0.406 e. The van der Waals surface area contributed by atoms with Crippen LogP contribution >= 0.6 is 15.9 Å². The third-order valence-corrected chi connectivity index (χ3v) is 5.15. The predicted molar refractivity (Wildman–Crippen MR) is 112 cm³/mol. The summed E-state index contributed by atoms with van der Waals surface area (Å²) in [5.41, 5.74) is 3.80. The van der Waals surface area contributed by atoms with Crippen LogP contribution in [0.1, 0.15) is 49.3 Å². The van der Waals surface area contributed by atoms with Crippen molar-refractivity contribution in [3.05, 3.63) is 63.6 Å². The molecule has 2 aromatic rings. The van der Waals surface area contributed by atoms with Crippen molar-refractivity contribution in [2.75, 3.05) is 13.1 Å². The number of aliphatic imine (C=N–C) groups is 1. The number of fused-ring (bicyclic) bond motifs is 1. The number of benzene rings is 2. The molecule has 1 aliphatic heterocycles. The highest BCUT2D eigenvalue weighted by Crippen LogP contribution is 2.22. The van der Waals surface area contributed by atoms with Gasteiger partial charge in [0.1, 0.15) is 5.75 Å². The lowest BCUT2D eigenvalue weighted by Gasteiger charge is -2.23. The Kier molecular flexibility index (Phi) is 7.27. The summed E-state index contributed by atoms with van der Waals surface area (Å²) in [6, 6.07) is 14.8. The Morgan fingerprint density at radius 2 is 1.92 bits per heavy atom. The van der Waals surface area contributed by atoms with E-state index in [0.717, 1.165) is 42.7 Å². The molecule has 0 atom stereocenters. The summed E-state index contributed by atoms with van der Waals surface area (Å²) in [4.78, 5) is 10.6. The molecule has 0 N–H and O–H groups in total. The molecule has 3 rings (SSSR count). The van der Waals surface area contributed by atoms with Gasteiger partial charge in [0.15, 0.2) is 0 Å². The molecule has 1 aliphatic rings. The highest BCUT2D eigenvalue weighted by atomic mass is 79.9. The molecule has 1 heterocycles. The van der Waals surface area contributed by atoms with Crippen LogP contribution in [0.3, 0.4) is 0 Å². The van der Waals surface area contributed by atoms with Gasteiger partial charge >= 0.3 is 0 Å². The summed E-state index contributed by atoms with van der Waals surface area (Å²) in [5, 5.41) is 2.09. The first-order valence-corrected chi connectivity index (χ1v) is 10.3. The normalized spacial score (nSPS) is 13.0. The van der Waals surface area contributed by atoms with Gasteiger partial charge in [0.2, 0.25) is 0 Å². The van der Waals surface area contributed by atoms with Crippen molar-refractivity contribution < 1.29 is 4.84 Å². The lowest BCUT2D eigenvalue weighted by atomic mass is 10.0. The molecule has 3 nitrogen and oxygen atoms in total. The molecule has 0 aliphatic carbocycles. The fourth-order valence-electron chi connectivity index (χ4n) is 3.14. The summed E-state index contributed by atoms with van der Waals surface area (Å²) in [5.74, 6) is 0.923. The molecule has 0 bridgehead atoms. The van der Waals surface area contributed by atoms with Gasteiger partial charge in [-0.2, -0.15) is 0 Å². The van der Waals surface area contributed by atoms with Crippen molar-refractivity contribution in [2.24, 2.45) is 4.99 Å². The first-order valence-electron chi connectivity index (χ1n) is 9.54. The fourth-order valence-corrected chi connectivity index (χ4v) is 3.41. The Morgan fingerprint density at radius 1 is 1.08 bits per heavy atom. The summed E-state index contributed by atoms with van der Waals surface area (Å²) in [7, 11) is 0. The minimum absolute atomic E-state index is 0.790. The van der Waals surface area contributed by atoms with Crippen molar-refractivity contribution >= 4 is 22.1 Å². The second-order valence-corrected chi connectivity index (χ2v) is 7.70. The zero-order chi connectivity index (χ0) is 18.2. The Hall–Kier alpha value is -1.65. The van der Waals surface area contributed by atoms with E-state index in [-0.39, 0.29) is 0 Å². The van der Waals surface area contributed by atoms with Crippen LogP contribution in [-0.4, -0.2) is 24.4 Å². The van der Waals surface area contributed by atoms with Gasteiger partial charge in [-0.25, -0.2) is 0 Å². The monoisotopic (exact) mass is 414 g/mol. The van der Waals surface area contributed by atoms with Crippen molar-refractivity contribution in [3.63, 3.8) is 0 Å². The topological polar surface area (TPSA) is 24.8 Å². The summed E-state index contributed by atoms with van der Waals surface area (Å²) < 4.78 is 1.10. The van der Waals surface area contributed by atoms with Gasteiger partial charge in [0.05, 0.1) is 6.54 Å². The summed E-state index contributed by atoms with van der Waals surface area (Å²) >= 11 is 3.50. The van der Waals surface area contributed by atoms with Crippen LogP contribution in [-0.2, 0) is 13.0 Å². The number of halogens is 1. The summed E-state index contributed by atoms with van der Waals surface area (Å²) in [6.45, 7) is 4.84. The molecule has 0 fully saturated rings. The SMILES string of the molecule is CCCCCCN(Cc1ccc(Br)cc1)Oc1ccc2c(c1)CCN=C2. The van der Waals surface area contributed by atoms with Crippen LogP contribution in [0.25, 0.3) is 0 Å². The van der Waals surface area contributed by atoms with Crippen LogP contribution in [0, 0.1) is 0 Å². The number of hydrogen-bond acceptors (Lipinski definition) is 3. The van der Waals surface area contributed by atoms with E-state index < -0.39 is 0 Å². The standard InChI is InChI=1S/C22H27BrN2O/c1-2-3-4-5-14-25(17-18-6-9-21(23)10-7-18)26-22-11-8-20-16-24-13-12-19(20)15-22/h6-11,15-16H,2-5,12-14,17H2,1H3. The zero-order valence-electron chi connectivity index (χ0n) is 15.5. The molecule has 0 saturated carbocycles. The molecule has 0 unspecified atom stereocenters. The molecule has 0 saturated heterocycles. The van der Waals surface area contributed by atoms with E-state index in [1.54, 1.807) is 0 Å². The van der Waals surface area contributed by atoms with Crippen LogP contribution in [0.5, 0.6) is 5.75 Å². The third kappa shape index (κ3) is 5.68. The first-order chi connectivity index (χ1) is 12.7. The van der Waals surface area contributed by atoms with Crippen LogP contribution in [0.2, 0.25) is 0 Å². The maximum Gasteiger partial charge on any atom is 0.147 e. The van der Waals surface area contributed by atoms with E-state index in [1.165, 1.54) is 36.0 Å². The quantitative estimate of drug-likeness (QED) is 0.382. The average Bonchev–Trinajstić information content (AvgIpc) is 2.67. The van der Waals surface area contributed by atoms with Gasteiger partial charge in [0, 0.05) is 23.8 Å². The molecule has 138 valence electrons. The molecular weight excluding hydrogens is 388 g/mol. The van der Waals surface area contributed by atoms with E-state index in [4.69, 9.17) is 4.84 Å². The van der Waals surface area contributed by atoms with Gasteiger partial charge in [-0.05, 0) is 59.9 Å². The molecule has 4 heteroatoms. The highest BCUT2D eigenvalue weighted by Gasteiger charge is 2.11. The fraction of sp³-hybridized carbons (Fsp3) is 0.409. The van der Waals surface area contributed by atoms with Crippen molar-refractivity contribution in [2.45, 2.75) is 45.6 Å². The van der Waals surface area contributed by atoms with Crippen LogP contribution < -0.4 is 4.84 Å². The highest BCUT2D eigenvalue weighted by molar-refractivity contribution is 9.10. The second-order valence-electron chi connectivity index (χ2n) is 6.79. The lowest BCUT2D eigenvalue weighted by Crippen LogP contribution is -2.28. The number of nitrogens with zero attached hydrogens (tertiary/aromatic N) is 2. The number of unbranched alkanes of at least 4 members (excludes halogenated alkanes) is 3. The lowest BCUT2D eigenvalue weighted by molar-refractivity contribution is -0.0682. The minimum atomic E-state index is 0.790. The maximum atomic E-state index is 6.27. The number of hydroxylamine groups is 2. The van der Waals surface area contributed by atoms with Gasteiger partial charge < -0.3 is 4.84 Å². The van der Waals surface area contributed by atoms with Crippen LogP contribution in [0.15, 0.2) is 51.9 Å². The average molecular weight is 415 g/mol. The first kappa shape index (κ1) is 19.1. The van der Waals surface area contributed by atoms with E-state index >= 15 is 0 Å². The van der Waals surface area contributed by atoms with Gasteiger partial charge in [-0.3, -0.25) is 4.99 Å². The molecule has 26 heavy (non-hydrogen) atoms. The third-order valence-electron chi connectivity index (χ3n) is 4.62. The second kappa shape index (κ2) is 9.89. The zero-order valence-corrected chi connectivity index (χ0v) is 17.0. The summed E-state index contributed by atoms with van der Waals surface area (Å²) in [6.07, 6.45) is 7.89. The van der Waals surface area contributed by atoms with Crippen LogP contribution in [0.4, 0.5) is 0 Å². The molecule has 2 aromatic carbocycles. The van der Waals surface area contributed by atoms with E-state index in [2.05, 4.69) is 75.4 Å².